The molecule has 330 valence electrons. The number of rotatable bonds is 9. The smallest absolute Gasteiger partial charge is 0.264 e. The van der Waals surface area contributed by atoms with Crippen molar-refractivity contribution in [2.24, 2.45) is 13.2 Å². The first-order valence-corrected chi connectivity index (χ1v) is 24.3. The molecule has 0 saturated carbocycles. The molecule has 0 spiro atoms. The quantitative estimate of drug-likeness (QED) is 0.125. The van der Waals surface area contributed by atoms with Gasteiger partial charge in [0.05, 0.1) is 10.4 Å². The number of fused-ring (bicyclic) bond motifs is 3. The highest BCUT2D eigenvalue weighted by molar-refractivity contribution is 7.90. The first-order valence-electron chi connectivity index (χ1n) is 20.0. The van der Waals surface area contributed by atoms with Crippen LogP contribution in [0.1, 0.15) is 33.4 Å². The lowest BCUT2D eigenvalue weighted by Crippen LogP contribution is -2.01. The lowest BCUT2D eigenvalue weighted by atomic mass is 10.1. The van der Waals surface area contributed by atoms with Crippen molar-refractivity contribution in [2.75, 3.05) is 0 Å². The Morgan fingerprint density at radius 1 is 0.394 bits per heavy atom. The molecule has 0 fully saturated rings. The van der Waals surface area contributed by atoms with Crippen LogP contribution in [-0.4, -0.2) is 68.8 Å². The first-order chi connectivity index (χ1) is 31.7. The number of pyridine rings is 5. The fourth-order valence-electron chi connectivity index (χ4n) is 6.21. The molecule has 9 aromatic rings. The van der Waals surface area contributed by atoms with E-state index in [1.165, 1.54) is 43.2 Å². The third-order valence-corrected chi connectivity index (χ3v) is 13.2. The normalized spacial score (nSPS) is 12.0. The van der Waals surface area contributed by atoms with Crippen LogP contribution in [0.2, 0.25) is 0 Å². The average Bonchev–Trinajstić information content (AvgIpc) is 3.33. The summed E-state index contributed by atoms with van der Waals surface area (Å²) in [5.41, 5.74) is 5.55. The summed E-state index contributed by atoms with van der Waals surface area (Å²) in [7, 11) is -11.3. The third kappa shape index (κ3) is 11.7. The Morgan fingerprint density at radius 2 is 0.909 bits per heavy atom. The van der Waals surface area contributed by atoms with Crippen LogP contribution in [-0.2, 0) is 30.1 Å². The molecule has 0 bridgehead atoms. The molecule has 0 atom stereocenters. The molecule has 0 aliphatic carbocycles. The molecule has 5 aromatic heterocycles. The summed E-state index contributed by atoms with van der Waals surface area (Å²) in [4.78, 5) is 20.4. The van der Waals surface area contributed by atoms with Crippen molar-refractivity contribution in [1.29, 1.82) is 0 Å². The third-order valence-electron chi connectivity index (χ3n) is 9.68. The highest BCUT2D eigenvalue weighted by Gasteiger charge is 2.15. The van der Waals surface area contributed by atoms with Gasteiger partial charge in [-0.3, -0.25) is 15.0 Å². The van der Waals surface area contributed by atoms with Crippen molar-refractivity contribution in [3.8, 4) is 0 Å². The number of hydrogen-bond donors (Lipinski definition) is 0. The Hall–Kier alpha value is -7.73. The van der Waals surface area contributed by atoms with Gasteiger partial charge in [0, 0.05) is 94.9 Å². The molecule has 0 amide bonds. The van der Waals surface area contributed by atoms with Gasteiger partial charge in [0.25, 0.3) is 30.1 Å². The second kappa shape index (κ2) is 20.4. The molecule has 4 aromatic carbocycles. The summed E-state index contributed by atoms with van der Waals surface area (Å²) in [5, 5.41) is 4.47. The van der Waals surface area contributed by atoms with Crippen molar-refractivity contribution in [3.05, 3.63) is 204 Å². The Kier molecular flexibility index (Phi) is 14.3. The van der Waals surface area contributed by atoms with E-state index in [0.29, 0.717) is 11.1 Å². The van der Waals surface area contributed by atoms with Gasteiger partial charge in [-0.05, 0) is 79.1 Å². The zero-order valence-electron chi connectivity index (χ0n) is 35.6. The van der Waals surface area contributed by atoms with E-state index < -0.39 is 30.1 Å². The van der Waals surface area contributed by atoms with Crippen molar-refractivity contribution < 1.29 is 25.3 Å². The molecule has 0 radical (unpaired) electrons. The Balaban J connectivity index is 0.000000147. The summed E-state index contributed by atoms with van der Waals surface area (Å²) in [5.74, 6) is 0. The molecule has 5 heterocycles. The van der Waals surface area contributed by atoms with Gasteiger partial charge in [0.15, 0.2) is 10.1 Å². The largest absolute Gasteiger partial charge is 0.299 e. The monoisotopic (exact) mass is 932 g/mol. The molecule has 0 N–H and O–H groups in total. The number of para-hydroxylation sites is 1. The van der Waals surface area contributed by atoms with Gasteiger partial charge in [-0.2, -0.15) is 38.4 Å². The number of benzene rings is 4. The highest BCUT2D eigenvalue weighted by atomic mass is 32.2. The summed E-state index contributed by atoms with van der Waals surface area (Å²) >= 11 is 0. The number of aryl methyl sites for hydroxylation is 3. The van der Waals surface area contributed by atoms with Crippen LogP contribution in [0.4, 0.5) is 0 Å². The zero-order valence-corrected chi connectivity index (χ0v) is 38.1. The molecular formula is C49H40N8O6S3. The van der Waals surface area contributed by atoms with Gasteiger partial charge in [-0.25, -0.2) is 9.97 Å². The minimum absolute atomic E-state index is 0.0590. The van der Waals surface area contributed by atoms with Crippen LogP contribution < -0.4 is 0 Å². The lowest BCUT2D eigenvalue weighted by Gasteiger charge is -2.01. The molecule has 0 aliphatic heterocycles. The van der Waals surface area contributed by atoms with Gasteiger partial charge in [0.2, 0.25) is 0 Å². The number of nitrogens with zero attached hydrogens (tertiary/aromatic N) is 8. The topological polar surface area (TPSA) is 204 Å². The molecular weight excluding hydrogens is 893 g/mol. The van der Waals surface area contributed by atoms with Crippen LogP contribution in [0.25, 0.3) is 32.4 Å². The fourth-order valence-corrected chi connectivity index (χ4v) is 8.63. The molecule has 66 heavy (non-hydrogen) atoms. The maximum atomic E-state index is 12.2. The standard InChI is InChI=1S/C17H14N2O2S.2C16H13N3O2S/c1-13-7-9-16(10-8-13)22(20,21)19-12-15-5-2-4-14-6-3-11-18-17(14)15;1-12-5-6-16(18-9-12)22(20,21)19-11-14-4-2-3-13-10-17-8-7-15(13)14;1-12-6-7-16(18-8-12)22(20,21)19-11-14-10-17-9-13-4-2-3-5-15(13)14/h2-12H,1H3;2*2-11H,1H3. The van der Waals surface area contributed by atoms with Crippen LogP contribution >= 0.6 is 0 Å². The van der Waals surface area contributed by atoms with Crippen molar-refractivity contribution in [3.63, 3.8) is 0 Å². The first kappa shape index (κ1) is 46.3. The van der Waals surface area contributed by atoms with Crippen molar-refractivity contribution in [1.82, 2.24) is 24.9 Å². The Morgan fingerprint density at radius 3 is 1.56 bits per heavy atom. The SMILES string of the molecule is Cc1ccc(S(=O)(=O)N=Cc2cccc3cccnc23)cc1.Cc1ccc(S(=O)(=O)N=Cc2cccc3cnccc23)nc1.Cc1ccc(S(=O)(=O)N=Cc2cncc3ccccc23)nc1. The summed E-state index contributed by atoms with van der Waals surface area (Å²) in [6, 6.07) is 37.2. The van der Waals surface area contributed by atoms with Crippen molar-refractivity contribution in [2.45, 2.75) is 35.7 Å². The van der Waals surface area contributed by atoms with Crippen LogP contribution in [0.5, 0.6) is 0 Å². The van der Waals surface area contributed by atoms with E-state index in [-0.39, 0.29) is 14.9 Å². The van der Waals surface area contributed by atoms with E-state index in [9.17, 15) is 25.3 Å². The fraction of sp³-hybridized carbons (Fsp3) is 0.0612. The number of hydrogen-bond acceptors (Lipinski definition) is 11. The minimum atomic E-state index is -3.81. The second-order valence-electron chi connectivity index (χ2n) is 14.6. The molecule has 0 aliphatic rings. The van der Waals surface area contributed by atoms with E-state index in [0.717, 1.165) is 54.7 Å². The average molecular weight is 933 g/mol. The molecule has 0 saturated heterocycles. The van der Waals surface area contributed by atoms with E-state index in [1.54, 1.807) is 73.4 Å². The van der Waals surface area contributed by atoms with Gasteiger partial charge in [-0.15, -0.1) is 0 Å². The summed E-state index contributed by atoms with van der Waals surface area (Å²) < 4.78 is 84.4. The summed E-state index contributed by atoms with van der Waals surface area (Å²) in [6.07, 6.45) is 15.4. The van der Waals surface area contributed by atoms with E-state index in [1.807, 2.05) is 93.6 Å². The molecule has 17 heteroatoms. The van der Waals surface area contributed by atoms with Crippen LogP contribution in [0.15, 0.2) is 199 Å². The molecule has 9 rings (SSSR count). The molecule has 0 unspecified atom stereocenters. The number of aromatic nitrogens is 5. The highest BCUT2D eigenvalue weighted by Crippen LogP contribution is 2.20. The number of sulfonamides is 3. The van der Waals surface area contributed by atoms with Crippen LogP contribution in [0, 0.1) is 20.8 Å². The van der Waals surface area contributed by atoms with Gasteiger partial charge in [0.1, 0.15) is 0 Å². The molecule has 14 nitrogen and oxygen atoms in total. The van der Waals surface area contributed by atoms with Crippen molar-refractivity contribution >= 4 is 81.2 Å². The van der Waals surface area contributed by atoms with Gasteiger partial charge >= 0.3 is 0 Å². The van der Waals surface area contributed by atoms with E-state index >= 15 is 0 Å². The maximum absolute atomic E-state index is 12.2. The lowest BCUT2D eigenvalue weighted by molar-refractivity contribution is 0.592. The predicted octanol–water partition coefficient (Wildman–Crippen LogP) is 8.84. The minimum Gasteiger partial charge on any atom is -0.264 e. The summed E-state index contributed by atoms with van der Waals surface area (Å²) in [6.45, 7) is 5.59. The predicted molar refractivity (Wildman–Crippen MR) is 259 cm³/mol. The van der Waals surface area contributed by atoms with Gasteiger partial charge in [-0.1, -0.05) is 96.6 Å². The Labute approximate surface area is 382 Å². The van der Waals surface area contributed by atoms with Crippen LogP contribution in [0.3, 0.4) is 0 Å². The van der Waals surface area contributed by atoms with Gasteiger partial charge < -0.3 is 0 Å². The zero-order chi connectivity index (χ0) is 46.7. The van der Waals surface area contributed by atoms with E-state index in [4.69, 9.17) is 0 Å². The Bertz CT molecular complexity index is 3210. The van der Waals surface area contributed by atoms with E-state index in [2.05, 4.69) is 38.1 Å². The second-order valence-corrected chi connectivity index (χ2v) is 19.4. The maximum Gasteiger partial charge on any atom is 0.299 e.